The molecule has 2 rings (SSSR count). The highest BCUT2D eigenvalue weighted by atomic mass is 79.9. The number of nitrogens with zero attached hydrogens (tertiary/aromatic N) is 1. The van der Waals surface area contributed by atoms with Gasteiger partial charge in [-0.2, -0.15) is 0 Å². The summed E-state index contributed by atoms with van der Waals surface area (Å²) in [5.41, 5.74) is 6.23. The molecule has 3 nitrogen and oxygen atoms in total. The molecule has 1 saturated heterocycles. The Morgan fingerprint density at radius 3 is 2.68 bits per heavy atom. The van der Waals surface area contributed by atoms with Crippen molar-refractivity contribution in [3.8, 4) is 0 Å². The molecule has 0 bridgehead atoms. The monoisotopic (exact) mass is 344 g/mol. The van der Waals surface area contributed by atoms with E-state index >= 15 is 0 Å². The van der Waals surface area contributed by atoms with Crippen molar-refractivity contribution < 1.29 is 4.79 Å². The second-order valence-electron chi connectivity index (χ2n) is 4.94. The summed E-state index contributed by atoms with van der Waals surface area (Å²) in [5, 5.41) is 0.573. The molecular weight excluding hydrogens is 328 g/mol. The van der Waals surface area contributed by atoms with Crippen LogP contribution >= 0.6 is 27.5 Å². The Morgan fingerprint density at radius 2 is 2.11 bits per heavy atom. The third kappa shape index (κ3) is 3.71. The lowest BCUT2D eigenvalue weighted by atomic mass is 9.93. The lowest BCUT2D eigenvalue weighted by molar-refractivity contribution is 0.0688. The summed E-state index contributed by atoms with van der Waals surface area (Å²) in [6.45, 7) is 2.37. The number of hydrogen-bond acceptors (Lipinski definition) is 2. The highest BCUT2D eigenvalue weighted by Crippen LogP contribution is 2.25. The number of amides is 1. The van der Waals surface area contributed by atoms with E-state index in [9.17, 15) is 4.79 Å². The number of piperidine rings is 1. The van der Waals surface area contributed by atoms with Gasteiger partial charge < -0.3 is 10.6 Å². The fraction of sp³-hybridized carbons (Fsp3) is 0.500. The molecule has 0 radical (unpaired) electrons. The molecule has 0 saturated carbocycles. The normalized spacial score (nSPS) is 16.7. The zero-order chi connectivity index (χ0) is 13.8. The van der Waals surface area contributed by atoms with Crippen LogP contribution in [0.25, 0.3) is 0 Å². The van der Waals surface area contributed by atoms with Crippen LogP contribution in [-0.4, -0.2) is 30.4 Å². The summed E-state index contributed by atoms with van der Waals surface area (Å²) in [4.78, 5) is 14.3. The molecule has 1 aliphatic rings. The van der Waals surface area contributed by atoms with Crippen LogP contribution in [0, 0.1) is 5.92 Å². The molecule has 1 amide bonds. The number of carbonyl (C=O) groups is 1. The van der Waals surface area contributed by atoms with Gasteiger partial charge in [0.25, 0.3) is 5.91 Å². The summed E-state index contributed by atoms with van der Waals surface area (Å²) in [7, 11) is 0. The second kappa shape index (κ2) is 6.73. The van der Waals surface area contributed by atoms with Crippen molar-refractivity contribution in [2.24, 2.45) is 11.7 Å². The third-order valence-electron chi connectivity index (χ3n) is 3.64. The zero-order valence-corrected chi connectivity index (χ0v) is 13.1. The van der Waals surface area contributed by atoms with Gasteiger partial charge in [-0.05, 0) is 65.9 Å². The Bertz CT molecular complexity index is 459. The van der Waals surface area contributed by atoms with Gasteiger partial charge in [0.2, 0.25) is 0 Å². The first kappa shape index (κ1) is 14.8. The van der Waals surface area contributed by atoms with Crippen molar-refractivity contribution >= 4 is 33.4 Å². The van der Waals surface area contributed by atoms with Crippen LogP contribution in [0.4, 0.5) is 0 Å². The van der Waals surface area contributed by atoms with E-state index < -0.39 is 0 Å². The van der Waals surface area contributed by atoms with Crippen LogP contribution in [0.2, 0.25) is 5.02 Å². The molecule has 0 spiro atoms. The van der Waals surface area contributed by atoms with E-state index in [1.807, 2.05) is 17.0 Å². The summed E-state index contributed by atoms with van der Waals surface area (Å²) >= 11 is 9.36. The number of rotatable bonds is 3. The Hall–Kier alpha value is -0.580. The molecule has 19 heavy (non-hydrogen) atoms. The molecule has 0 atom stereocenters. The highest BCUT2D eigenvalue weighted by Gasteiger charge is 2.23. The summed E-state index contributed by atoms with van der Waals surface area (Å²) in [6, 6.07) is 5.35. The van der Waals surface area contributed by atoms with Crippen molar-refractivity contribution in [3.63, 3.8) is 0 Å². The second-order valence-corrected chi connectivity index (χ2v) is 6.20. The lowest BCUT2D eigenvalue weighted by Gasteiger charge is -2.32. The van der Waals surface area contributed by atoms with Crippen molar-refractivity contribution in [1.29, 1.82) is 0 Å². The van der Waals surface area contributed by atoms with Gasteiger partial charge in [-0.3, -0.25) is 4.79 Å². The summed E-state index contributed by atoms with van der Waals surface area (Å²) in [6.07, 6.45) is 3.16. The molecule has 0 aliphatic carbocycles. The van der Waals surface area contributed by atoms with Gasteiger partial charge >= 0.3 is 0 Å². The molecule has 0 aromatic heterocycles. The number of benzene rings is 1. The first-order valence-electron chi connectivity index (χ1n) is 6.56. The quantitative estimate of drug-likeness (QED) is 0.913. The topological polar surface area (TPSA) is 46.3 Å². The minimum atomic E-state index is 0.0700. The molecule has 5 heteroatoms. The first-order chi connectivity index (χ1) is 9.11. The summed E-state index contributed by atoms with van der Waals surface area (Å²) in [5.74, 6) is 0.739. The van der Waals surface area contributed by atoms with Crippen LogP contribution in [-0.2, 0) is 0 Å². The number of likely N-dealkylation sites (tertiary alicyclic amines) is 1. The molecule has 2 N–H and O–H groups in total. The standard InChI is InChI=1S/C14H18BrClN2O/c15-12-2-1-11(9-13(12)16)14(19)18-7-4-10(3-6-17)5-8-18/h1-2,9-10H,3-8,17H2. The number of hydrogen-bond donors (Lipinski definition) is 1. The molecule has 1 aliphatic heterocycles. The molecule has 1 aromatic rings. The van der Waals surface area contributed by atoms with Crippen LogP contribution in [0.1, 0.15) is 29.6 Å². The van der Waals surface area contributed by atoms with Crippen molar-refractivity contribution in [1.82, 2.24) is 4.90 Å². The fourth-order valence-electron chi connectivity index (χ4n) is 2.47. The van der Waals surface area contributed by atoms with E-state index in [1.54, 1.807) is 6.07 Å². The van der Waals surface area contributed by atoms with E-state index in [1.165, 1.54) is 0 Å². The predicted octanol–water partition coefficient (Wildman–Crippen LogP) is 3.30. The van der Waals surface area contributed by atoms with Gasteiger partial charge in [-0.1, -0.05) is 11.6 Å². The Kier molecular flexibility index (Phi) is 5.25. The third-order valence-corrected chi connectivity index (χ3v) is 4.88. The van der Waals surface area contributed by atoms with E-state index in [0.717, 1.165) is 43.4 Å². The largest absolute Gasteiger partial charge is 0.339 e. The smallest absolute Gasteiger partial charge is 0.253 e. The number of halogens is 2. The van der Waals surface area contributed by atoms with Crippen LogP contribution in [0.3, 0.4) is 0 Å². The van der Waals surface area contributed by atoms with Crippen molar-refractivity contribution in [3.05, 3.63) is 33.3 Å². The van der Waals surface area contributed by atoms with E-state index in [4.69, 9.17) is 17.3 Å². The maximum Gasteiger partial charge on any atom is 0.253 e. The maximum atomic E-state index is 12.4. The molecule has 1 fully saturated rings. The average molecular weight is 346 g/mol. The van der Waals surface area contributed by atoms with Crippen LogP contribution in [0.15, 0.2) is 22.7 Å². The van der Waals surface area contributed by atoms with Gasteiger partial charge in [0.1, 0.15) is 0 Å². The van der Waals surface area contributed by atoms with Gasteiger partial charge in [0.15, 0.2) is 0 Å². The predicted molar refractivity (Wildman–Crippen MR) is 81.5 cm³/mol. The van der Waals surface area contributed by atoms with Crippen molar-refractivity contribution in [2.45, 2.75) is 19.3 Å². The lowest BCUT2D eigenvalue weighted by Crippen LogP contribution is -2.38. The average Bonchev–Trinajstić information content (AvgIpc) is 2.42. The molecular formula is C14H18BrClN2O. The molecule has 1 aromatic carbocycles. The zero-order valence-electron chi connectivity index (χ0n) is 10.7. The van der Waals surface area contributed by atoms with E-state index in [-0.39, 0.29) is 5.91 Å². The minimum absolute atomic E-state index is 0.0700. The summed E-state index contributed by atoms with van der Waals surface area (Å²) < 4.78 is 0.812. The SMILES string of the molecule is NCCC1CCN(C(=O)c2ccc(Br)c(Cl)c2)CC1. The van der Waals surface area contributed by atoms with Gasteiger partial charge in [0, 0.05) is 23.1 Å². The van der Waals surface area contributed by atoms with E-state index in [0.29, 0.717) is 16.5 Å². The maximum absolute atomic E-state index is 12.4. The van der Waals surface area contributed by atoms with Crippen molar-refractivity contribution in [2.75, 3.05) is 19.6 Å². The first-order valence-corrected chi connectivity index (χ1v) is 7.73. The Labute approximate surface area is 127 Å². The molecule has 0 unspecified atom stereocenters. The highest BCUT2D eigenvalue weighted by molar-refractivity contribution is 9.10. The van der Waals surface area contributed by atoms with Crippen LogP contribution < -0.4 is 5.73 Å². The minimum Gasteiger partial charge on any atom is -0.339 e. The Balaban J connectivity index is 1.99. The molecule has 1 heterocycles. The molecule has 104 valence electrons. The van der Waals surface area contributed by atoms with Crippen LogP contribution in [0.5, 0.6) is 0 Å². The number of nitrogens with two attached hydrogens (primary N) is 1. The van der Waals surface area contributed by atoms with Gasteiger partial charge in [-0.15, -0.1) is 0 Å². The van der Waals surface area contributed by atoms with Gasteiger partial charge in [0.05, 0.1) is 5.02 Å². The Morgan fingerprint density at radius 1 is 1.42 bits per heavy atom. The van der Waals surface area contributed by atoms with E-state index in [2.05, 4.69) is 15.9 Å². The van der Waals surface area contributed by atoms with Gasteiger partial charge in [-0.25, -0.2) is 0 Å². The fourth-order valence-corrected chi connectivity index (χ4v) is 2.90. The number of carbonyl (C=O) groups excluding carboxylic acids is 1.